The average Bonchev–Trinajstić information content (AvgIpc) is 3.11. The molecule has 0 aliphatic carbocycles. The predicted molar refractivity (Wildman–Crippen MR) is 110 cm³/mol. The van der Waals surface area contributed by atoms with Gasteiger partial charge in [0.25, 0.3) is 5.91 Å². The van der Waals surface area contributed by atoms with Crippen LogP contribution in [0.4, 0.5) is 0 Å². The van der Waals surface area contributed by atoms with Crippen LogP contribution in [0.1, 0.15) is 60.0 Å². The summed E-state index contributed by atoms with van der Waals surface area (Å²) in [5.41, 5.74) is 1.93. The van der Waals surface area contributed by atoms with Crippen LogP contribution in [-0.2, 0) is 11.3 Å². The highest BCUT2D eigenvalue weighted by atomic mass is 16.2. The van der Waals surface area contributed by atoms with E-state index in [1.165, 1.54) is 38.8 Å². The molecule has 6 heteroatoms. The zero-order chi connectivity index (χ0) is 20.4. The second-order valence-corrected chi connectivity index (χ2v) is 9.76. The van der Waals surface area contributed by atoms with Crippen molar-refractivity contribution in [3.8, 4) is 6.07 Å². The second kappa shape index (κ2) is 6.81. The SMILES string of the molecule is N#Cc1cccc2c1CN(C1CC[C@@H]3[C@H]4CCCN5CCC[C@@H](CN3C1=O)[C@@H]45)C2=O. The number of carbonyl (C=O) groups excluding carboxylic acids is 2. The lowest BCUT2D eigenvalue weighted by Gasteiger charge is -2.59. The molecule has 156 valence electrons. The molecule has 1 aromatic rings. The van der Waals surface area contributed by atoms with E-state index in [0.29, 0.717) is 41.6 Å². The molecule has 6 nitrogen and oxygen atoms in total. The van der Waals surface area contributed by atoms with Gasteiger partial charge in [-0.05, 0) is 75.6 Å². The molecule has 4 saturated heterocycles. The Labute approximate surface area is 177 Å². The lowest BCUT2D eigenvalue weighted by molar-refractivity contribution is -0.157. The summed E-state index contributed by atoms with van der Waals surface area (Å²) in [6.45, 7) is 3.69. The van der Waals surface area contributed by atoms with Crippen LogP contribution in [0.5, 0.6) is 0 Å². The molecule has 5 atom stereocenters. The van der Waals surface area contributed by atoms with Gasteiger partial charge in [0.15, 0.2) is 0 Å². The highest BCUT2D eigenvalue weighted by molar-refractivity contribution is 6.01. The molecule has 0 spiro atoms. The molecule has 0 radical (unpaired) electrons. The van der Waals surface area contributed by atoms with Gasteiger partial charge in [0.1, 0.15) is 6.04 Å². The fourth-order valence-electron chi connectivity index (χ4n) is 7.26. The van der Waals surface area contributed by atoms with Crippen LogP contribution >= 0.6 is 0 Å². The molecule has 1 unspecified atom stereocenters. The third-order valence-corrected chi connectivity index (χ3v) is 8.47. The first-order valence-electron chi connectivity index (χ1n) is 11.5. The first kappa shape index (κ1) is 18.4. The predicted octanol–water partition coefficient (Wildman–Crippen LogP) is 2.38. The van der Waals surface area contributed by atoms with Crippen LogP contribution in [0.3, 0.4) is 0 Å². The number of hydrogen-bond acceptors (Lipinski definition) is 4. The van der Waals surface area contributed by atoms with Crippen LogP contribution in [0.25, 0.3) is 0 Å². The topological polar surface area (TPSA) is 67.7 Å². The quantitative estimate of drug-likeness (QED) is 0.721. The number of amides is 2. The number of nitriles is 1. The van der Waals surface area contributed by atoms with Gasteiger partial charge < -0.3 is 9.80 Å². The summed E-state index contributed by atoms with van der Waals surface area (Å²) in [6, 6.07) is 8.14. The third-order valence-electron chi connectivity index (χ3n) is 8.47. The summed E-state index contributed by atoms with van der Waals surface area (Å²) in [7, 11) is 0. The molecule has 0 N–H and O–H groups in total. The molecule has 0 aromatic heterocycles. The lowest BCUT2D eigenvalue weighted by Crippen LogP contribution is -2.69. The molecular weight excluding hydrogens is 376 g/mol. The van der Waals surface area contributed by atoms with E-state index < -0.39 is 0 Å². The van der Waals surface area contributed by atoms with Crippen molar-refractivity contribution >= 4 is 11.8 Å². The average molecular weight is 405 g/mol. The maximum atomic E-state index is 13.7. The molecular formula is C24H28N4O2. The zero-order valence-corrected chi connectivity index (χ0v) is 17.3. The second-order valence-electron chi connectivity index (χ2n) is 9.76. The van der Waals surface area contributed by atoms with E-state index in [0.717, 1.165) is 24.9 Å². The van der Waals surface area contributed by atoms with Crippen LogP contribution in [0.15, 0.2) is 18.2 Å². The monoisotopic (exact) mass is 404 g/mol. The number of fused-ring (bicyclic) bond motifs is 3. The first-order chi connectivity index (χ1) is 14.7. The van der Waals surface area contributed by atoms with Gasteiger partial charge in [-0.3, -0.25) is 14.5 Å². The lowest BCUT2D eigenvalue weighted by atomic mass is 9.67. The van der Waals surface area contributed by atoms with Gasteiger partial charge in [-0.2, -0.15) is 5.26 Å². The summed E-state index contributed by atoms with van der Waals surface area (Å²) in [4.78, 5) is 33.4. The van der Waals surface area contributed by atoms with Gasteiger partial charge >= 0.3 is 0 Å². The van der Waals surface area contributed by atoms with E-state index in [1.807, 2.05) is 0 Å². The number of rotatable bonds is 1. The fraction of sp³-hybridized carbons (Fsp3) is 0.625. The Kier molecular flexibility index (Phi) is 4.18. The number of piperidine rings is 4. The number of carbonyl (C=O) groups is 2. The number of nitrogens with zero attached hydrogens (tertiary/aromatic N) is 4. The van der Waals surface area contributed by atoms with Crippen LogP contribution < -0.4 is 0 Å². The minimum atomic E-state index is -0.382. The largest absolute Gasteiger partial charge is 0.337 e. The Bertz CT molecular complexity index is 951. The first-order valence-corrected chi connectivity index (χ1v) is 11.5. The Morgan fingerprint density at radius 3 is 2.67 bits per heavy atom. The minimum Gasteiger partial charge on any atom is -0.337 e. The van der Waals surface area contributed by atoms with E-state index in [2.05, 4.69) is 15.9 Å². The molecule has 2 amide bonds. The molecule has 0 bridgehead atoms. The van der Waals surface area contributed by atoms with Crippen molar-refractivity contribution in [1.29, 1.82) is 5.26 Å². The number of hydrogen-bond donors (Lipinski definition) is 0. The Hall–Kier alpha value is -2.39. The Balaban J connectivity index is 1.27. The van der Waals surface area contributed by atoms with Crippen molar-refractivity contribution in [3.05, 3.63) is 34.9 Å². The van der Waals surface area contributed by atoms with Gasteiger partial charge in [-0.15, -0.1) is 0 Å². The minimum absolute atomic E-state index is 0.0877. The van der Waals surface area contributed by atoms with Crippen LogP contribution in [-0.4, -0.2) is 64.3 Å². The van der Waals surface area contributed by atoms with Gasteiger partial charge in [0.05, 0.1) is 11.6 Å². The fourth-order valence-corrected chi connectivity index (χ4v) is 7.26. The Morgan fingerprint density at radius 2 is 1.83 bits per heavy atom. The normalized spacial score (nSPS) is 35.5. The molecule has 5 heterocycles. The van der Waals surface area contributed by atoms with E-state index in [-0.39, 0.29) is 17.9 Å². The summed E-state index contributed by atoms with van der Waals surface area (Å²) < 4.78 is 0. The van der Waals surface area contributed by atoms with Gasteiger partial charge in [-0.1, -0.05) is 6.07 Å². The molecule has 5 aliphatic heterocycles. The van der Waals surface area contributed by atoms with Crippen molar-refractivity contribution in [3.63, 3.8) is 0 Å². The molecule has 6 rings (SSSR count). The highest BCUT2D eigenvalue weighted by Gasteiger charge is 2.53. The van der Waals surface area contributed by atoms with Crippen molar-refractivity contribution in [1.82, 2.24) is 14.7 Å². The summed E-state index contributed by atoms with van der Waals surface area (Å²) in [5.74, 6) is 1.24. The molecule has 30 heavy (non-hydrogen) atoms. The molecule has 4 fully saturated rings. The summed E-state index contributed by atoms with van der Waals surface area (Å²) >= 11 is 0. The van der Waals surface area contributed by atoms with E-state index in [4.69, 9.17) is 0 Å². The third kappa shape index (κ3) is 2.51. The van der Waals surface area contributed by atoms with Gasteiger partial charge in [-0.25, -0.2) is 0 Å². The highest BCUT2D eigenvalue weighted by Crippen LogP contribution is 2.45. The van der Waals surface area contributed by atoms with Gasteiger partial charge in [0, 0.05) is 36.3 Å². The van der Waals surface area contributed by atoms with Crippen LogP contribution in [0.2, 0.25) is 0 Å². The van der Waals surface area contributed by atoms with E-state index in [9.17, 15) is 14.9 Å². The van der Waals surface area contributed by atoms with Crippen molar-refractivity contribution < 1.29 is 9.59 Å². The molecule has 0 saturated carbocycles. The molecule has 5 aliphatic rings. The van der Waals surface area contributed by atoms with Crippen molar-refractivity contribution in [2.45, 2.75) is 63.2 Å². The number of benzene rings is 1. The maximum Gasteiger partial charge on any atom is 0.255 e. The summed E-state index contributed by atoms with van der Waals surface area (Å²) in [5, 5.41) is 9.43. The van der Waals surface area contributed by atoms with E-state index >= 15 is 0 Å². The van der Waals surface area contributed by atoms with Crippen LogP contribution in [0, 0.1) is 23.2 Å². The van der Waals surface area contributed by atoms with Crippen molar-refractivity contribution in [2.75, 3.05) is 19.6 Å². The summed E-state index contributed by atoms with van der Waals surface area (Å²) in [6.07, 6.45) is 6.67. The molecule has 1 aromatic carbocycles. The van der Waals surface area contributed by atoms with Gasteiger partial charge in [0.2, 0.25) is 5.91 Å². The smallest absolute Gasteiger partial charge is 0.255 e. The maximum absolute atomic E-state index is 13.7. The van der Waals surface area contributed by atoms with Crippen molar-refractivity contribution in [2.24, 2.45) is 11.8 Å². The van der Waals surface area contributed by atoms with E-state index in [1.54, 1.807) is 23.1 Å². The zero-order valence-electron chi connectivity index (χ0n) is 17.3. The Morgan fingerprint density at radius 1 is 1.00 bits per heavy atom. The standard InChI is InChI=1S/C24H28N4O2/c25-12-15-4-1-6-17-19(15)14-28(23(17)29)21-9-8-20-18-7-3-11-26-10-2-5-16(22(18)26)13-27(20)24(21)30/h1,4,6,16,18,20-22H,2-3,5,7-11,13-14H2/t16-,18+,20+,21?,22-/m0/s1.